The number of hydrogen-bond acceptors (Lipinski definition) is 19. The molecular formula is C24H42O19. The van der Waals surface area contributed by atoms with Crippen LogP contribution < -0.4 is 0 Å². The minimum atomic E-state index is -3.43. The van der Waals surface area contributed by atoms with Gasteiger partial charge >= 0.3 is 0 Å². The third-order valence-corrected chi connectivity index (χ3v) is 9.02. The van der Waals surface area contributed by atoms with Crippen LogP contribution in [0.1, 0.15) is 13.8 Å². The van der Waals surface area contributed by atoms with Crippen LogP contribution in [0.4, 0.5) is 0 Å². The van der Waals surface area contributed by atoms with E-state index in [0.29, 0.717) is 0 Å². The summed E-state index contributed by atoms with van der Waals surface area (Å²) in [6.45, 7) is 0.188. The van der Waals surface area contributed by atoms with Gasteiger partial charge in [0.25, 0.3) is 0 Å². The predicted molar refractivity (Wildman–Crippen MR) is 131 cm³/mol. The van der Waals surface area contributed by atoms with E-state index in [0.717, 1.165) is 0 Å². The molecule has 4 heterocycles. The fraction of sp³-hybridized carbons (Fsp3) is 1.00. The molecule has 4 saturated heterocycles. The maximum Gasteiger partial charge on any atom is 0.187 e. The van der Waals surface area contributed by atoms with Gasteiger partial charge in [0.15, 0.2) is 23.8 Å². The van der Waals surface area contributed by atoms with Crippen molar-refractivity contribution in [1.29, 1.82) is 0 Å². The van der Waals surface area contributed by atoms with Crippen molar-refractivity contribution in [3.8, 4) is 0 Å². The third-order valence-electron chi connectivity index (χ3n) is 9.02. The van der Waals surface area contributed by atoms with Crippen molar-refractivity contribution >= 4 is 0 Å². The van der Waals surface area contributed by atoms with Gasteiger partial charge in [-0.15, -0.1) is 0 Å². The molecule has 19 nitrogen and oxygen atoms in total. The zero-order chi connectivity index (χ0) is 32.3. The molecular weight excluding hydrogens is 592 g/mol. The zero-order valence-electron chi connectivity index (χ0n) is 23.1. The van der Waals surface area contributed by atoms with Crippen molar-refractivity contribution in [1.82, 2.24) is 0 Å². The molecule has 0 aromatic carbocycles. The normalized spacial score (nSPS) is 58.3. The molecule has 4 rings (SSSR count). The van der Waals surface area contributed by atoms with E-state index in [-0.39, 0.29) is 0 Å². The topological polar surface area (TPSA) is 329 Å². The van der Waals surface area contributed by atoms with Crippen LogP contribution in [0, 0.1) is 0 Å². The number of hydrogen-bond donors (Lipinski definition) is 14. The molecule has 3 unspecified atom stereocenters. The molecule has 4 aliphatic heterocycles. The maximum atomic E-state index is 12.6. The second-order valence-electron chi connectivity index (χ2n) is 11.5. The van der Waals surface area contributed by atoms with Crippen molar-refractivity contribution in [2.75, 3.05) is 13.2 Å². The fourth-order valence-electron chi connectivity index (χ4n) is 6.45. The molecule has 0 bridgehead atoms. The number of aliphatic hydroxyl groups is 14. The minimum Gasteiger partial charge on any atom is -0.394 e. The number of aliphatic hydroxyl groups excluding tert-OH is 13. The number of rotatable bonds is 6. The first-order valence-corrected chi connectivity index (χ1v) is 13.7. The first-order chi connectivity index (χ1) is 20.0. The van der Waals surface area contributed by atoms with Crippen LogP contribution in [0.15, 0.2) is 0 Å². The van der Waals surface area contributed by atoms with Gasteiger partial charge in [-0.1, -0.05) is 0 Å². The lowest BCUT2D eigenvalue weighted by Gasteiger charge is -2.64. The molecule has 4 aliphatic rings. The molecule has 4 fully saturated rings. The van der Waals surface area contributed by atoms with Gasteiger partial charge in [-0.2, -0.15) is 0 Å². The summed E-state index contributed by atoms with van der Waals surface area (Å²) in [7, 11) is 0. The molecule has 252 valence electrons. The van der Waals surface area contributed by atoms with E-state index < -0.39 is 135 Å². The Morgan fingerprint density at radius 1 is 0.558 bits per heavy atom. The Hall–Kier alpha value is -0.760. The second kappa shape index (κ2) is 12.8. The van der Waals surface area contributed by atoms with E-state index >= 15 is 0 Å². The SMILES string of the molecule is C[C@@H]1OC([C@@]2(O)[C@@H](O)C(O)O[C@H](CO)[C@]2(O[C@@H]2O[C@H](CO)[C@H](O)[C@H](O)[C@H]2O)C2O[C@@H](C)[C@@H](O)[C@@H](O)[C@@H]2O)[C@@H](O)[C@H](O)[C@@H]1O. The van der Waals surface area contributed by atoms with Gasteiger partial charge in [-0.25, -0.2) is 0 Å². The molecule has 0 aliphatic carbocycles. The highest BCUT2D eigenvalue weighted by molar-refractivity contribution is 5.25. The van der Waals surface area contributed by atoms with Crippen molar-refractivity contribution in [3.05, 3.63) is 0 Å². The summed E-state index contributed by atoms with van der Waals surface area (Å²) in [6.07, 6.45) is -37.1. The monoisotopic (exact) mass is 634 g/mol. The molecule has 0 aromatic rings. The van der Waals surface area contributed by atoms with E-state index in [2.05, 4.69) is 0 Å². The smallest absolute Gasteiger partial charge is 0.187 e. The van der Waals surface area contributed by atoms with Crippen LogP contribution in [0.25, 0.3) is 0 Å². The average Bonchev–Trinajstić information content (AvgIpc) is 2.98. The first kappa shape index (κ1) is 35.1. The van der Waals surface area contributed by atoms with E-state index in [1.54, 1.807) is 0 Å². The van der Waals surface area contributed by atoms with Gasteiger partial charge in [-0.3, -0.25) is 0 Å². The van der Waals surface area contributed by atoms with Crippen LogP contribution in [-0.4, -0.2) is 206 Å². The van der Waals surface area contributed by atoms with Crippen LogP contribution in [0.5, 0.6) is 0 Å². The lowest BCUT2D eigenvalue weighted by Crippen LogP contribution is -2.88. The second-order valence-corrected chi connectivity index (χ2v) is 11.5. The summed E-state index contributed by atoms with van der Waals surface area (Å²) in [4.78, 5) is 0. The summed E-state index contributed by atoms with van der Waals surface area (Å²) >= 11 is 0. The molecule has 20 atom stereocenters. The highest BCUT2D eigenvalue weighted by Crippen LogP contribution is 2.52. The highest BCUT2D eigenvalue weighted by atomic mass is 16.7. The number of ether oxygens (including phenoxy) is 5. The quantitative estimate of drug-likeness (QED) is 0.129. The molecule has 0 spiro atoms. The Labute approximate surface area is 244 Å². The largest absolute Gasteiger partial charge is 0.394 e. The Morgan fingerprint density at radius 3 is 1.56 bits per heavy atom. The molecule has 0 amide bonds. The van der Waals surface area contributed by atoms with Crippen LogP contribution >= 0.6 is 0 Å². The van der Waals surface area contributed by atoms with E-state index in [9.17, 15) is 71.5 Å². The van der Waals surface area contributed by atoms with Gasteiger partial charge in [0, 0.05) is 0 Å². The summed E-state index contributed by atoms with van der Waals surface area (Å²) in [5.41, 5.74) is -6.60. The van der Waals surface area contributed by atoms with Gasteiger partial charge in [-0.05, 0) is 13.8 Å². The summed E-state index contributed by atoms with van der Waals surface area (Å²) in [5, 5.41) is 150. The van der Waals surface area contributed by atoms with Crippen molar-refractivity contribution in [2.45, 2.75) is 135 Å². The average molecular weight is 635 g/mol. The zero-order valence-corrected chi connectivity index (χ0v) is 23.1. The standard InChI is InChI=1S/C24H42O19/c1-5-9(27)12(30)15(33)19(39-5)23(38)18(36)21(37)42-8(4-26)24(23,20-16(34)13(31)10(28)6(2)40-20)43-22-17(35)14(32)11(29)7(3-25)41-22/h5-22,25-38H,3-4H2,1-2H3/t5-,6-,7+,8+,9+,10+,11-,12+,13+,14-,15-,16-,17+,18-,19?,20?,21?,22-,23-,24-/m0/s1. The Morgan fingerprint density at radius 2 is 1.05 bits per heavy atom. The van der Waals surface area contributed by atoms with Gasteiger partial charge in [0.2, 0.25) is 0 Å². The van der Waals surface area contributed by atoms with Crippen molar-refractivity contribution < 1.29 is 95.2 Å². The van der Waals surface area contributed by atoms with Gasteiger partial charge in [0.1, 0.15) is 85.5 Å². The highest BCUT2D eigenvalue weighted by Gasteiger charge is 2.77. The van der Waals surface area contributed by atoms with E-state index in [1.165, 1.54) is 13.8 Å². The van der Waals surface area contributed by atoms with Crippen LogP contribution in [-0.2, 0) is 23.7 Å². The molecule has 0 radical (unpaired) electrons. The molecule has 14 N–H and O–H groups in total. The molecule has 19 heteroatoms. The summed E-state index contributed by atoms with van der Waals surface area (Å²) in [5.74, 6) is 0. The maximum absolute atomic E-state index is 12.6. The Bertz CT molecular complexity index is 944. The van der Waals surface area contributed by atoms with Gasteiger partial charge < -0.3 is 95.2 Å². The summed E-state index contributed by atoms with van der Waals surface area (Å²) in [6, 6.07) is 0. The molecule has 0 saturated carbocycles. The Balaban J connectivity index is 1.99. The fourth-order valence-corrected chi connectivity index (χ4v) is 6.45. The van der Waals surface area contributed by atoms with Crippen LogP contribution in [0.3, 0.4) is 0 Å². The summed E-state index contributed by atoms with van der Waals surface area (Å²) < 4.78 is 28.1. The molecule has 0 aromatic heterocycles. The first-order valence-electron chi connectivity index (χ1n) is 13.7. The van der Waals surface area contributed by atoms with Crippen molar-refractivity contribution in [2.24, 2.45) is 0 Å². The lowest BCUT2D eigenvalue weighted by molar-refractivity contribution is -0.458. The lowest BCUT2D eigenvalue weighted by atomic mass is 9.62. The van der Waals surface area contributed by atoms with Crippen LogP contribution in [0.2, 0.25) is 0 Å². The van der Waals surface area contributed by atoms with Gasteiger partial charge in [0.05, 0.1) is 25.4 Å². The van der Waals surface area contributed by atoms with E-state index in [1.807, 2.05) is 0 Å². The third kappa shape index (κ3) is 5.32. The molecule has 43 heavy (non-hydrogen) atoms. The Kier molecular flexibility index (Phi) is 10.4. The minimum absolute atomic E-state index is 0.958. The van der Waals surface area contributed by atoms with E-state index in [4.69, 9.17) is 23.7 Å². The van der Waals surface area contributed by atoms with Crippen molar-refractivity contribution in [3.63, 3.8) is 0 Å². The predicted octanol–water partition coefficient (Wildman–Crippen LogP) is -8.92.